The van der Waals surface area contributed by atoms with E-state index in [0.717, 1.165) is 33.4 Å². The molecule has 10 heteroatoms. The van der Waals surface area contributed by atoms with Crippen molar-refractivity contribution in [2.75, 3.05) is 48.1 Å². The van der Waals surface area contributed by atoms with Gasteiger partial charge in [0.2, 0.25) is 6.79 Å². The van der Waals surface area contributed by atoms with E-state index in [9.17, 15) is 10.4 Å². The van der Waals surface area contributed by atoms with Crippen LogP contribution in [0.4, 0.5) is 0 Å². The summed E-state index contributed by atoms with van der Waals surface area (Å²) in [5.74, 6) is 3.30. The van der Waals surface area contributed by atoms with Gasteiger partial charge in [0.25, 0.3) is 0 Å². The largest absolute Gasteiger partial charge is 0.493 e. The number of nitriles is 1. The van der Waals surface area contributed by atoms with Crippen molar-refractivity contribution in [2.24, 2.45) is 0 Å². The zero-order valence-corrected chi connectivity index (χ0v) is 24.2. The van der Waals surface area contributed by atoms with Gasteiger partial charge in [-0.25, -0.2) is 0 Å². The Morgan fingerprint density at radius 2 is 1.88 bits per heavy atom. The van der Waals surface area contributed by atoms with Crippen LogP contribution >= 0.6 is 0 Å². The first-order valence-corrected chi connectivity index (χ1v) is 13.9. The number of hydrogen-bond acceptors (Lipinski definition) is 10. The average Bonchev–Trinajstić information content (AvgIpc) is 3.46. The molecular formula is C31H37N3O7. The van der Waals surface area contributed by atoms with Crippen LogP contribution in [0.25, 0.3) is 0 Å². The summed E-state index contributed by atoms with van der Waals surface area (Å²) in [6, 6.07) is 3.36. The molecule has 2 aromatic carbocycles. The summed E-state index contributed by atoms with van der Waals surface area (Å²) < 4.78 is 35.6. The lowest BCUT2D eigenvalue weighted by atomic mass is 9.71. The fraction of sp³-hybridized carbons (Fsp3) is 0.516. The number of fused-ring (bicyclic) bond motifs is 9. The number of hydrogen-bond donors (Lipinski definition) is 1. The molecule has 2 aromatic rings. The highest BCUT2D eigenvalue weighted by molar-refractivity contribution is 5.66. The molecule has 1 unspecified atom stereocenters. The minimum Gasteiger partial charge on any atom is -0.493 e. The molecule has 4 aliphatic heterocycles. The van der Waals surface area contributed by atoms with Crippen LogP contribution < -0.4 is 23.7 Å². The number of ether oxygens (including phenoxy) is 6. The van der Waals surface area contributed by atoms with Gasteiger partial charge in [0.1, 0.15) is 18.4 Å². The van der Waals surface area contributed by atoms with Crippen LogP contribution in [0.1, 0.15) is 45.5 Å². The Labute approximate surface area is 240 Å². The molecule has 0 amide bonds. The molecule has 0 aromatic heterocycles. The van der Waals surface area contributed by atoms with Gasteiger partial charge in [-0.2, -0.15) is 5.26 Å². The van der Waals surface area contributed by atoms with Gasteiger partial charge in [0.15, 0.2) is 29.8 Å². The van der Waals surface area contributed by atoms with E-state index in [2.05, 4.69) is 35.6 Å². The molecule has 10 nitrogen and oxygen atoms in total. The minimum atomic E-state index is -0.494. The molecule has 0 spiro atoms. The van der Waals surface area contributed by atoms with Crippen molar-refractivity contribution in [3.63, 3.8) is 0 Å². The third-order valence-corrected chi connectivity index (χ3v) is 9.09. The molecule has 0 radical (unpaired) electrons. The number of nitrogens with zero attached hydrogens (tertiary/aromatic N) is 3. The van der Waals surface area contributed by atoms with Crippen LogP contribution in [-0.4, -0.2) is 81.1 Å². The number of likely N-dealkylation sites (N-methyl/N-ethyl adjacent to an activating group) is 1. The predicted molar refractivity (Wildman–Crippen MR) is 150 cm³/mol. The first-order valence-electron chi connectivity index (χ1n) is 13.9. The molecule has 5 atom stereocenters. The maximum atomic E-state index is 11.0. The van der Waals surface area contributed by atoms with Gasteiger partial charge in [-0.15, -0.1) is 0 Å². The summed E-state index contributed by atoms with van der Waals surface area (Å²) in [4.78, 5) is 4.50. The van der Waals surface area contributed by atoms with Crippen LogP contribution in [0.15, 0.2) is 18.7 Å². The highest BCUT2D eigenvalue weighted by atomic mass is 16.7. The lowest BCUT2D eigenvalue weighted by molar-refractivity contribution is -0.0832. The number of piperazine rings is 1. The summed E-state index contributed by atoms with van der Waals surface area (Å²) in [6.45, 7) is 8.11. The first kappa shape index (κ1) is 27.7. The Balaban J connectivity index is 1.60. The molecule has 1 N–H and O–H groups in total. The number of aryl methyl sites for hydroxylation is 1. The van der Waals surface area contributed by atoms with Gasteiger partial charge < -0.3 is 33.5 Å². The maximum Gasteiger partial charge on any atom is 0.231 e. The topological polar surface area (TPSA) is 106 Å². The smallest absolute Gasteiger partial charge is 0.231 e. The zero-order valence-electron chi connectivity index (χ0n) is 24.2. The number of aliphatic hydroxyl groups is 1. The van der Waals surface area contributed by atoms with Crippen molar-refractivity contribution < 1.29 is 33.5 Å². The van der Waals surface area contributed by atoms with Crippen LogP contribution in [0, 0.1) is 25.2 Å². The van der Waals surface area contributed by atoms with Crippen LogP contribution in [0.3, 0.4) is 0 Å². The second-order valence-corrected chi connectivity index (χ2v) is 11.1. The molecule has 2 bridgehead atoms. The highest BCUT2D eigenvalue weighted by Gasteiger charge is 2.56. The lowest BCUT2D eigenvalue weighted by Crippen LogP contribution is -2.68. The van der Waals surface area contributed by atoms with Crippen LogP contribution in [0.2, 0.25) is 0 Å². The molecular weight excluding hydrogens is 526 g/mol. The predicted octanol–water partition coefficient (Wildman–Crippen LogP) is 3.35. The summed E-state index contributed by atoms with van der Waals surface area (Å²) >= 11 is 0. The molecule has 1 saturated heterocycles. The van der Waals surface area contributed by atoms with Gasteiger partial charge >= 0.3 is 0 Å². The molecule has 0 saturated carbocycles. The van der Waals surface area contributed by atoms with Gasteiger partial charge in [0, 0.05) is 41.4 Å². The third kappa shape index (κ3) is 3.98. The van der Waals surface area contributed by atoms with E-state index < -0.39 is 12.1 Å². The summed E-state index contributed by atoms with van der Waals surface area (Å²) in [5.41, 5.74) is 5.78. The van der Waals surface area contributed by atoms with Crippen LogP contribution in [-0.2, 0) is 17.6 Å². The number of rotatable bonds is 8. The normalized spacial score (nSPS) is 25.9. The van der Waals surface area contributed by atoms with Crippen molar-refractivity contribution in [1.82, 2.24) is 9.80 Å². The van der Waals surface area contributed by atoms with Crippen molar-refractivity contribution in [3.05, 3.63) is 52.1 Å². The Kier molecular flexibility index (Phi) is 7.24. The minimum absolute atomic E-state index is 0.0750. The standard InChI is InChI=1S/C31H37N3O7/c1-7-8-38-28-17(3)29-31(41-15-40-29)25-19(28)11-21-26-24-18(9-16(2)27(37-6)30(24)39-14-36-5)10-20(33(26)4)22(12-32)34(21)23(25)13-35/h7,9,20-23,26,35H,1,8,10-11,13-15H2,2-6H3/t20-,21?,22-,23-,26+/m0/s1. The Morgan fingerprint density at radius 1 is 1.10 bits per heavy atom. The van der Waals surface area contributed by atoms with Gasteiger partial charge in [-0.1, -0.05) is 18.7 Å². The van der Waals surface area contributed by atoms with E-state index in [1.807, 2.05) is 13.8 Å². The molecule has 218 valence electrons. The Hall–Kier alpha value is -3.49. The van der Waals surface area contributed by atoms with Gasteiger partial charge in [-0.3, -0.25) is 9.80 Å². The lowest BCUT2D eigenvalue weighted by Gasteiger charge is -2.59. The second kappa shape index (κ2) is 10.7. The highest BCUT2D eigenvalue weighted by Crippen LogP contribution is 2.58. The van der Waals surface area contributed by atoms with Crippen molar-refractivity contribution in [3.8, 4) is 34.8 Å². The zero-order chi connectivity index (χ0) is 29.0. The second-order valence-electron chi connectivity index (χ2n) is 11.1. The van der Waals surface area contributed by atoms with E-state index in [0.29, 0.717) is 48.2 Å². The SMILES string of the molecule is C=CCOc1c(C)c2c(c3c1CC1[C@@H]4c5c(cc(C)c(OC)c5OCOC)C[C@@H]([C@H](C#N)N1[C@H]3CO)N4C)OCO2. The van der Waals surface area contributed by atoms with Crippen LogP contribution in [0.5, 0.6) is 28.7 Å². The number of aliphatic hydroxyl groups excluding tert-OH is 1. The molecule has 1 fully saturated rings. The molecule has 6 rings (SSSR count). The van der Waals surface area contributed by atoms with E-state index >= 15 is 0 Å². The maximum absolute atomic E-state index is 11.0. The summed E-state index contributed by atoms with van der Waals surface area (Å²) in [6.07, 6.45) is 2.93. The first-order chi connectivity index (χ1) is 19.9. The van der Waals surface area contributed by atoms with E-state index in [1.165, 1.54) is 0 Å². The van der Waals surface area contributed by atoms with E-state index in [1.54, 1.807) is 20.3 Å². The fourth-order valence-electron chi connectivity index (χ4n) is 7.58. The Bertz CT molecular complexity index is 1420. The molecule has 4 heterocycles. The van der Waals surface area contributed by atoms with Gasteiger partial charge in [0.05, 0.1) is 31.9 Å². The van der Waals surface area contributed by atoms with Crippen molar-refractivity contribution >= 4 is 0 Å². The van der Waals surface area contributed by atoms with E-state index in [-0.39, 0.29) is 38.3 Å². The van der Waals surface area contributed by atoms with Crippen molar-refractivity contribution in [1.29, 1.82) is 5.26 Å². The van der Waals surface area contributed by atoms with E-state index in [4.69, 9.17) is 28.4 Å². The molecule has 0 aliphatic carbocycles. The number of methoxy groups -OCH3 is 2. The Morgan fingerprint density at radius 3 is 2.56 bits per heavy atom. The number of benzene rings is 2. The van der Waals surface area contributed by atoms with Crippen molar-refractivity contribution in [2.45, 2.75) is 56.9 Å². The molecule has 41 heavy (non-hydrogen) atoms. The fourth-order valence-corrected chi connectivity index (χ4v) is 7.58. The third-order valence-electron chi connectivity index (χ3n) is 9.09. The summed E-state index contributed by atoms with van der Waals surface area (Å²) in [7, 11) is 5.32. The van der Waals surface area contributed by atoms with Gasteiger partial charge in [-0.05, 0) is 44.9 Å². The average molecular weight is 564 g/mol. The monoisotopic (exact) mass is 563 g/mol. The summed E-state index contributed by atoms with van der Waals surface area (Å²) in [5, 5.41) is 21.6. The quantitative estimate of drug-likeness (QED) is 0.380. The molecule has 4 aliphatic rings.